The molecule has 1 atom stereocenters. The number of aryl methyl sites for hydroxylation is 1. The summed E-state index contributed by atoms with van der Waals surface area (Å²) in [4.78, 5) is 16.9. The fourth-order valence-corrected chi connectivity index (χ4v) is 3.20. The van der Waals surface area contributed by atoms with Crippen molar-refractivity contribution in [1.29, 1.82) is 0 Å². The van der Waals surface area contributed by atoms with Gasteiger partial charge in [-0.1, -0.05) is 26.0 Å². The molecule has 4 heteroatoms. The van der Waals surface area contributed by atoms with Gasteiger partial charge in [-0.15, -0.1) is 0 Å². The van der Waals surface area contributed by atoms with E-state index in [1.54, 1.807) is 0 Å². The minimum absolute atomic E-state index is 0.0987. The van der Waals surface area contributed by atoms with Crippen molar-refractivity contribution < 1.29 is 9.53 Å². The molecule has 1 aliphatic heterocycles. The van der Waals surface area contributed by atoms with Crippen molar-refractivity contribution in [2.45, 2.75) is 58.6 Å². The van der Waals surface area contributed by atoms with Crippen LogP contribution in [0.4, 0.5) is 0 Å². The van der Waals surface area contributed by atoms with Gasteiger partial charge in [0.25, 0.3) is 5.91 Å². The molecule has 1 unspecified atom stereocenters. The number of hydrogen-bond acceptors (Lipinski definition) is 3. The Morgan fingerprint density at radius 3 is 2.38 bits per heavy atom. The number of ether oxygens (including phenoxy) is 1. The van der Waals surface area contributed by atoms with Crippen LogP contribution in [0.2, 0.25) is 0 Å². The molecule has 2 rings (SSSR count). The SMILES string of the molecule is Cc1ccc(C(C)C)cc1OC(C)C(=O)N1CCC(N(C)C)CC1. The third-order valence-electron chi connectivity index (χ3n) is 5.04. The van der Waals surface area contributed by atoms with E-state index in [0.717, 1.165) is 37.2 Å². The van der Waals surface area contributed by atoms with Crippen molar-refractivity contribution in [3.8, 4) is 5.75 Å². The summed E-state index contributed by atoms with van der Waals surface area (Å²) in [7, 11) is 4.22. The van der Waals surface area contributed by atoms with E-state index in [1.807, 2.05) is 18.7 Å². The first-order chi connectivity index (χ1) is 11.3. The highest BCUT2D eigenvalue weighted by atomic mass is 16.5. The van der Waals surface area contributed by atoms with E-state index < -0.39 is 6.10 Å². The molecule has 0 N–H and O–H groups in total. The van der Waals surface area contributed by atoms with E-state index in [-0.39, 0.29) is 5.91 Å². The fourth-order valence-electron chi connectivity index (χ4n) is 3.20. The molecule has 1 amide bonds. The predicted molar refractivity (Wildman–Crippen MR) is 98.6 cm³/mol. The van der Waals surface area contributed by atoms with Crippen LogP contribution in [0.25, 0.3) is 0 Å². The Labute approximate surface area is 146 Å². The Bertz CT molecular complexity index is 561. The molecule has 0 aliphatic carbocycles. The molecule has 0 saturated carbocycles. The number of piperidine rings is 1. The van der Waals surface area contributed by atoms with Gasteiger partial charge in [-0.05, 0) is 63.9 Å². The van der Waals surface area contributed by atoms with E-state index in [2.05, 4.69) is 51.0 Å². The van der Waals surface area contributed by atoms with Crippen LogP contribution >= 0.6 is 0 Å². The number of amides is 1. The molecule has 0 aromatic heterocycles. The third-order valence-corrected chi connectivity index (χ3v) is 5.04. The summed E-state index contributed by atoms with van der Waals surface area (Å²) in [5.41, 5.74) is 2.31. The summed E-state index contributed by atoms with van der Waals surface area (Å²) in [5.74, 6) is 1.37. The number of carbonyl (C=O) groups is 1. The van der Waals surface area contributed by atoms with Crippen molar-refractivity contribution in [3.05, 3.63) is 29.3 Å². The number of carbonyl (C=O) groups excluding carboxylic acids is 1. The molecule has 0 bridgehead atoms. The molecule has 1 aliphatic rings. The van der Waals surface area contributed by atoms with E-state index in [4.69, 9.17) is 4.74 Å². The summed E-state index contributed by atoms with van der Waals surface area (Å²) in [6, 6.07) is 6.85. The van der Waals surface area contributed by atoms with Crippen LogP contribution < -0.4 is 4.74 Å². The highest BCUT2D eigenvalue weighted by molar-refractivity contribution is 5.81. The van der Waals surface area contributed by atoms with E-state index in [0.29, 0.717) is 12.0 Å². The second kappa shape index (κ2) is 8.02. The first-order valence-corrected chi connectivity index (χ1v) is 9.02. The van der Waals surface area contributed by atoms with E-state index in [1.165, 1.54) is 5.56 Å². The van der Waals surface area contributed by atoms with Crippen LogP contribution in [0.5, 0.6) is 5.75 Å². The van der Waals surface area contributed by atoms with Gasteiger partial charge in [-0.2, -0.15) is 0 Å². The summed E-state index contributed by atoms with van der Waals surface area (Å²) in [5, 5.41) is 0. The van der Waals surface area contributed by atoms with Gasteiger partial charge in [0.2, 0.25) is 0 Å². The van der Waals surface area contributed by atoms with Crippen LogP contribution in [0.3, 0.4) is 0 Å². The number of likely N-dealkylation sites (tertiary alicyclic amines) is 1. The van der Waals surface area contributed by atoms with Gasteiger partial charge >= 0.3 is 0 Å². The van der Waals surface area contributed by atoms with E-state index >= 15 is 0 Å². The molecule has 0 spiro atoms. The van der Waals surface area contributed by atoms with Gasteiger partial charge in [0.1, 0.15) is 5.75 Å². The molecule has 1 saturated heterocycles. The van der Waals surface area contributed by atoms with Crippen LogP contribution in [0.1, 0.15) is 50.7 Å². The number of nitrogens with zero attached hydrogens (tertiary/aromatic N) is 2. The minimum atomic E-state index is -0.443. The Balaban J connectivity index is 1.98. The summed E-state index contributed by atoms with van der Waals surface area (Å²) in [6.07, 6.45) is 1.63. The number of benzene rings is 1. The van der Waals surface area contributed by atoms with Crippen molar-refractivity contribution in [1.82, 2.24) is 9.80 Å². The Morgan fingerprint density at radius 2 is 1.83 bits per heavy atom. The summed E-state index contributed by atoms with van der Waals surface area (Å²) < 4.78 is 6.02. The smallest absolute Gasteiger partial charge is 0.263 e. The zero-order chi connectivity index (χ0) is 17.9. The van der Waals surface area contributed by atoms with Crippen LogP contribution in [0, 0.1) is 6.92 Å². The molecular weight excluding hydrogens is 300 g/mol. The summed E-state index contributed by atoms with van der Waals surface area (Å²) >= 11 is 0. The molecule has 134 valence electrons. The zero-order valence-corrected chi connectivity index (χ0v) is 16.0. The van der Waals surface area contributed by atoms with Gasteiger partial charge < -0.3 is 14.5 Å². The monoisotopic (exact) mass is 332 g/mol. The largest absolute Gasteiger partial charge is 0.481 e. The quantitative estimate of drug-likeness (QED) is 0.828. The lowest BCUT2D eigenvalue weighted by Crippen LogP contribution is -2.48. The number of rotatable bonds is 5. The molecular formula is C20H32N2O2. The summed E-state index contributed by atoms with van der Waals surface area (Å²) in [6.45, 7) is 9.86. The van der Waals surface area contributed by atoms with Gasteiger partial charge in [0.15, 0.2) is 6.10 Å². The predicted octanol–water partition coefficient (Wildman–Crippen LogP) is 3.44. The maximum Gasteiger partial charge on any atom is 0.263 e. The maximum atomic E-state index is 12.7. The number of hydrogen-bond donors (Lipinski definition) is 0. The molecule has 24 heavy (non-hydrogen) atoms. The molecule has 1 fully saturated rings. The van der Waals surface area contributed by atoms with Gasteiger partial charge in [-0.25, -0.2) is 0 Å². The Kier molecular flexibility index (Phi) is 6.27. The highest BCUT2D eigenvalue weighted by Crippen LogP contribution is 2.26. The molecule has 4 nitrogen and oxygen atoms in total. The maximum absolute atomic E-state index is 12.7. The first-order valence-electron chi connectivity index (χ1n) is 9.02. The zero-order valence-electron chi connectivity index (χ0n) is 16.0. The van der Waals surface area contributed by atoms with Crippen LogP contribution in [-0.4, -0.2) is 55.0 Å². The van der Waals surface area contributed by atoms with Gasteiger partial charge in [0, 0.05) is 19.1 Å². The average Bonchev–Trinajstić information content (AvgIpc) is 2.55. The van der Waals surface area contributed by atoms with Crippen molar-refractivity contribution in [2.24, 2.45) is 0 Å². The van der Waals surface area contributed by atoms with Crippen LogP contribution in [0.15, 0.2) is 18.2 Å². The van der Waals surface area contributed by atoms with Gasteiger partial charge in [-0.3, -0.25) is 4.79 Å². The highest BCUT2D eigenvalue weighted by Gasteiger charge is 2.28. The average molecular weight is 332 g/mol. The van der Waals surface area contributed by atoms with Crippen molar-refractivity contribution in [2.75, 3.05) is 27.2 Å². The van der Waals surface area contributed by atoms with Crippen LogP contribution in [-0.2, 0) is 4.79 Å². The lowest BCUT2D eigenvalue weighted by molar-refractivity contribution is -0.139. The lowest BCUT2D eigenvalue weighted by atomic mass is 10.0. The standard InChI is InChI=1S/C20H32N2O2/c1-14(2)17-8-7-15(3)19(13-17)24-16(4)20(23)22-11-9-18(10-12-22)21(5)6/h7-8,13-14,16,18H,9-12H2,1-6H3. The van der Waals surface area contributed by atoms with Gasteiger partial charge in [0.05, 0.1) is 0 Å². The minimum Gasteiger partial charge on any atom is -0.481 e. The topological polar surface area (TPSA) is 32.8 Å². The molecule has 1 aromatic rings. The fraction of sp³-hybridized carbons (Fsp3) is 0.650. The molecule has 1 heterocycles. The Hall–Kier alpha value is -1.55. The third kappa shape index (κ3) is 4.50. The molecule has 0 radical (unpaired) electrons. The lowest BCUT2D eigenvalue weighted by Gasteiger charge is -2.36. The Morgan fingerprint density at radius 1 is 1.21 bits per heavy atom. The van der Waals surface area contributed by atoms with Crippen molar-refractivity contribution >= 4 is 5.91 Å². The normalized spacial score (nSPS) is 17.4. The second-order valence-electron chi connectivity index (χ2n) is 7.46. The van der Waals surface area contributed by atoms with E-state index in [9.17, 15) is 4.79 Å². The first kappa shape index (κ1) is 18.8. The second-order valence-corrected chi connectivity index (χ2v) is 7.46. The molecule has 1 aromatic carbocycles. The van der Waals surface area contributed by atoms with Crippen molar-refractivity contribution in [3.63, 3.8) is 0 Å².